The molecule has 0 amide bonds. The fourth-order valence-electron chi connectivity index (χ4n) is 1.67. The van der Waals surface area contributed by atoms with Crippen LogP contribution in [-0.2, 0) is 6.61 Å². The van der Waals surface area contributed by atoms with Gasteiger partial charge in [0.1, 0.15) is 29.5 Å². The van der Waals surface area contributed by atoms with Crippen LogP contribution in [0.4, 0.5) is 0 Å². The molecule has 1 heterocycles. The predicted molar refractivity (Wildman–Crippen MR) is 69.0 cm³/mol. The summed E-state index contributed by atoms with van der Waals surface area (Å²) in [6, 6.07) is 5.43. The average Bonchev–Trinajstić information content (AvgIpc) is 2.81. The van der Waals surface area contributed by atoms with E-state index < -0.39 is 0 Å². The minimum Gasteiger partial charge on any atom is -0.497 e. The maximum atomic E-state index is 5.92. The molecule has 19 heavy (non-hydrogen) atoms. The number of methoxy groups -OCH3 is 1. The average molecular weight is 263 g/mol. The SMILES string of the molecule is COc1ccc([C@@H](C)N)c(OCc2nonc2C)c1. The van der Waals surface area contributed by atoms with E-state index in [9.17, 15) is 0 Å². The minimum absolute atomic E-state index is 0.127. The van der Waals surface area contributed by atoms with Crippen molar-refractivity contribution in [1.29, 1.82) is 0 Å². The molecule has 2 N–H and O–H groups in total. The molecule has 0 spiro atoms. The maximum absolute atomic E-state index is 5.92. The molecular formula is C13H17N3O3. The molecule has 102 valence electrons. The molecule has 1 aromatic heterocycles. The molecule has 0 aliphatic rings. The topological polar surface area (TPSA) is 83.4 Å². The van der Waals surface area contributed by atoms with Crippen molar-refractivity contribution in [3.63, 3.8) is 0 Å². The summed E-state index contributed by atoms with van der Waals surface area (Å²) in [7, 11) is 1.61. The van der Waals surface area contributed by atoms with E-state index in [1.807, 2.05) is 32.0 Å². The van der Waals surface area contributed by atoms with Gasteiger partial charge in [-0.2, -0.15) is 0 Å². The predicted octanol–water partition coefficient (Wildman–Crippen LogP) is 1.99. The number of hydrogen-bond acceptors (Lipinski definition) is 6. The third kappa shape index (κ3) is 3.03. The van der Waals surface area contributed by atoms with E-state index in [4.69, 9.17) is 15.2 Å². The molecule has 1 aromatic carbocycles. The van der Waals surface area contributed by atoms with Crippen LogP contribution in [0.3, 0.4) is 0 Å². The van der Waals surface area contributed by atoms with E-state index in [0.717, 1.165) is 11.3 Å². The van der Waals surface area contributed by atoms with Crippen LogP contribution in [0.25, 0.3) is 0 Å². The van der Waals surface area contributed by atoms with Crippen LogP contribution in [-0.4, -0.2) is 17.4 Å². The van der Waals surface area contributed by atoms with Gasteiger partial charge in [0.2, 0.25) is 0 Å². The highest BCUT2D eigenvalue weighted by atomic mass is 16.6. The zero-order valence-corrected chi connectivity index (χ0v) is 11.2. The van der Waals surface area contributed by atoms with Gasteiger partial charge in [-0.1, -0.05) is 16.4 Å². The van der Waals surface area contributed by atoms with Crippen molar-refractivity contribution in [2.45, 2.75) is 26.5 Å². The summed E-state index contributed by atoms with van der Waals surface area (Å²) in [5.74, 6) is 1.39. The Morgan fingerprint density at radius 2 is 2.16 bits per heavy atom. The lowest BCUT2D eigenvalue weighted by Crippen LogP contribution is -2.08. The van der Waals surface area contributed by atoms with Gasteiger partial charge in [-0.3, -0.25) is 0 Å². The molecular weight excluding hydrogens is 246 g/mol. The first-order valence-electron chi connectivity index (χ1n) is 5.96. The molecule has 0 aliphatic carbocycles. The van der Waals surface area contributed by atoms with E-state index in [-0.39, 0.29) is 12.6 Å². The quantitative estimate of drug-likeness (QED) is 0.888. The second kappa shape index (κ2) is 5.71. The summed E-state index contributed by atoms with van der Waals surface area (Å²) >= 11 is 0. The van der Waals surface area contributed by atoms with Crippen LogP contribution in [0.2, 0.25) is 0 Å². The molecule has 0 radical (unpaired) electrons. The van der Waals surface area contributed by atoms with Crippen LogP contribution >= 0.6 is 0 Å². The molecule has 1 atom stereocenters. The van der Waals surface area contributed by atoms with Crippen molar-refractivity contribution in [3.05, 3.63) is 35.2 Å². The normalized spacial score (nSPS) is 12.2. The monoisotopic (exact) mass is 263 g/mol. The van der Waals surface area contributed by atoms with E-state index in [1.165, 1.54) is 0 Å². The van der Waals surface area contributed by atoms with Crippen molar-refractivity contribution >= 4 is 0 Å². The summed E-state index contributed by atoms with van der Waals surface area (Å²) in [6.07, 6.45) is 0. The van der Waals surface area contributed by atoms with Gasteiger partial charge in [0, 0.05) is 17.7 Å². The number of aromatic nitrogens is 2. The van der Waals surface area contributed by atoms with Crippen molar-refractivity contribution in [2.24, 2.45) is 5.73 Å². The molecule has 6 heteroatoms. The fourth-order valence-corrected chi connectivity index (χ4v) is 1.67. The second-order valence-electron chi connectivity index (χ2n) is 4.28. The van der Waals surface area contributed by atoms with Gasteiger partial charge in [0.15, 0.2) is 0 Å². The van der Waals surface area contributed by atoms with E-state index in [0.29, 0.717) is 17.1 Å². The smallest absolute Gasteiger partial charge is 0.145 e. The second-order valence-corrected chi connectivity index (χ2v) is 4.28. The molecule has 6 nitrogen and oxygen atoms in total. The summed E-state index contributed by atoms with van der Waals surface area (Å²) in [4.78, 5) is 0. The molecule has 2 rings (SSSR count). The number of nitrogens with two attached hydrogens (primary N) is 1. The lowest BCUT2D eigenvalue weighted by Gasteiger charge is -2.14. The summed E-state index contributed by atoms with van der Waals surface area (Å²) < 4.78 is 15.6. The van der Waals surface area contributed by atoms with Gasteiger partial charge in [-0.25, -0.2) is 4.63 Å². The minimum atomic E-state index is -0.127. The Balaban J connectivity index is 2.20. The van der Waals surface area contributed by atoms with Crippen LogP contribution in [0, 0.1) is 6.92 Å². The van der Waals surface area contributed by atoms with Crippen LogP contribution in [0.5, 0.6) is 11.5 Å². The highest BCUT2D eigenvalue weighted by Crippen LogP contribution is 2.29. The highest BCUT2D eigenvalue weighted by Gasteiger charge is 2.12. The van der Waals surface area contributed by atoms with Gasteiger partial charge in [0.25, 0.3) is 0 Å². The fraction of sp³-hybridized carbons (Fsp3) is 0.385. The summed E-state index contributed by atoms with van der Waals surface area (Å²) in [5, 5.41) is 7.48. The van der Waals surface area contributed by atoms with Crippen molar-refractivity contribution in [1.82, 2.24) is 10.3 Å². The van der Waals surface area contributed by atoms with Gasteiger partial charge in [-0.15, -0.1) is 0 Å². The molecule has 2 aromatic rings. The number of hydrogen-bond donors (Lipinski definition) is 1. The lowest BCUT2D eigenvalue weighted by atomic mass is 10.1. The Kier molecular flexibility index (Phi) is 4.01. The molecule has 0 saturated carbocycles. The van der Waals surface area contributed by atoms with Crippen molar-refractivity contribution < 1.29 is 14.1 Å². The Morgan fingerprint density at radius 1 is 1.37 bits per heavy atom. The largest absolute Gasteiger partial charge is 0.497 e. The Bertz CT molecular complexity index is 552. The Hall–Kier alpha value is -2.08. The van der Waals surface area contributed by atoms with Crippen molar-refractivity contribution in [2.75, 3.05) is 7.11 Å². The zero-order chi connectivity index (χ0) is 13.8. The standard InChI is InChI=1S/C13H17N3O3/c1-8(14)11-5-4-10(17-3)6-13(11)18-7-12-9(2)15-19-16-12/h4-6,8H,7,14H2,1-3H3/t8-/m1/s1. The van der Waals surface area contributed by atoms with Crippen LogP contribution in [0.15, 0.2) is 22.8 Å². The van der Waals surface area contributed by atoms with Crippen molar-refractivity contribution in [3.8, 4) is 11.5 Å². The zero-order valence-electron chi connectivity index (χ0n) is 11.2. The van der Waals surface area contributed by atoms with E-state index in [1.54, 1.807) is 7.11 Å². The molecule has 0 unspecified atom stereocenters. The Morgan fingerprint density at radius 3 is 2.74 bits per heavy atom. The number of nitrogens with zero attached hydrogens (tertiary/aromatic N) is 2. The summed E-state index contributed by atoms with van der Waals surface area (Å²) in [5.41, 5.74) is 8.21. The number of rotatable bonds is 5. The first kappa shape index (κ1) is 13.4. The number of ether oxygens (including phenoxy) is 2. The lowest BCUT2D eigenvalue weighted by molar-refractivity contribution is 0.267. The first-order chi connectivity index (χ1) is 9.11. The molecule has 0 saturated heterocycles. The van der Waals surface area contributed by atoms with E-state index in [2.05, 4.69) is 14.9 Å². The van der Waals surface area contributed by atoms with Gasteiger partial charge in [0.05, 0.1) is 7.11 Å². The third-order valence-electron chi connectivity index (χ3n) is 2.82. The summed E-state index contributed by atoms with van der Waals surface area (Å²) in [6.45, 7) is 3.99. The van der Waals surface area contributed by atoms with Crippen LogP contribution in [0.1, 0.15) is 29.9 Å². The number of benzene rings is 1. The molecule has 0 fully saturated rings. The maximum Gasteiger partial charge on any atom is 0.145 e. The number of aryl methyl sites for hydroxylation is 1. The van der Waals surface area contributed by atoms with Crippen LogP contribution < -0.4 is 15.2 Å². The first-order valence-corrected chi connectivity index (χ1v) is 5.96. The van der Waals surface area contributed by atoms with Gasteiger partial charge >= 0.3 is 0 Å². The third-order valence-corrected chi connectivity index (χ3v) is 2.82. The Labute approximate surface area is 111 Å². The van der Waals surface area contributed by atoms with Gasteiger partial charge in [-0.05, 0) is 19.9 Å². The molecule has 0 aliphatic heterocycles. The van der Waals surface area contributed by atoms with E-state index >= 15 is 0 Å². The van der Waals surface area contributed by atoms with Gasteiger partial charge < -0.3 is 15.2 Å². The highest BCUT2D eigenvalue weighted by molar-refractivity contribution is 5.42. The molecule has 0 bridgehead atoms.